The third-order valence-electron chi connectivity index (χ3n) is 4.53. The van der Waals surface area contributed by atoms with E-state index >= 15 is 0 Å². The molecule has 1 atom stereocenters. The maximum absolute atomic E-state index is 12.5. The van der Waals surface area contributed by atoms with Gasteiger partial charge in [-0.3, -0.25) is 4.79 Å². The largest absolute Gasteiger partial charge is 0.485 e. The molecule has 1 saturated carbocycles. The van der Waals surface area contributed by atoms with E-state index in [-0.39, 0.29) is 6.61 Å². The Kier molecular flexibility index (Phi) is 4.41. The van der Waals surface area contributed by atoms with Crippen LogP contribution in [0, 0.1) is 0 Å². The monoisotopic (exact) mass is 319 g/mol. The Balaban J connectivity index is 1.71. The van der Waals surface area contributed by atoms with Crippen molar-refractivity contribution in [1.29, 1.82) is 0 Å². The van der Waals surface area contributed by atoms with Crippen molar-refractivity contribution in [2.45, 2.75) is 50.2 Å². The van der Waals surface area contributed by atoms with E-state index in [0.717, 1.165) is 25.7 Å². The molecule has 6 heteroatoms. The molecule has 0 spiro atoms. The molecule has 0 aromatic heterocycles. The van der Waals surface area contributed by atoms with Gasteiger partial charge < -0.3 is 19.9 Å². The molecule has 0 saturated heterocycles. The molecule has 2 N–H and O–H groups in total. The van der Waals surface area contributed by atoms with Crippen LogP contribution in [0.5, 0.6) is 11.5 Å². The Bertz CT molecular complexity index is 592. The van der Waals surface area contributed by atoms with E-state index in [0.29, 0.717) is 24.3 Å². The van der Waals surface area contributed by atoms with Crippen molar-refractivity contribution in [3.8, 4) is 11.5 Å². The summed E-state index contributed by atoms with van der Waals surface area (Å²) in [6, 6.07) is 7.13. The lowest BCUT2D eigenvalue weighted by molar-refractivity contribution is -0.150. The number of carbonyl (C=O) groups excluding carboxylic acids is 1. The molecule has 1 aliphatic carbocycles. The number of carbonyl (C=O) groups is 2. The minimum Gasteiger partial charge on any atom is -0.485 e. The first-order valence-corrected chi connectivity index (χ1v) is 8.05. The van der Waals surface area contributed by atoms with Gasteiger partial charge in [0.15, 0.2) is 11.5 Å². The average Bonchev–Trinajstić information content (AvgIpc) is 2.81. The second kappa shape index (κ2) is 6.48. The van der Waals surface area contributed by atoms with Gasteiger partial charge in [0, 0.05) is 0 Å². The normalized spacial score (nSPS) is 22.7. The summed E-state index contributed by atoms with van der Waals surface area (Å²) < 4.78 is 11.2. The van der Waals surface area contributed by atoms with Crippen molar-refractivity contribution < 1.29 is 24.2 Å². The van der Waals surface area contributed by atoms with E-state index in [1.54, 1.807) is 18.2 Å². The van der Waals surface area contributed by atoms with Crippen LogP contribution in [0.1, 0.15) is 38.5 Å². The molecule has 0 bridgehead atoms. The molecule has 124 valence electrons. The molecule has 1 aliphatic heterocycles. The van der Waals surface area contributed by atoms with Gasteiger partial charge in [0.05, 0.1) is 0 Å². The zero-order valence-electron chi connectivity index (χ0n) is 12.9. The molecule has 2 aliphatic rings. The minimum absolute atomic E-state index is 0.0819. The highest BCUT2D eigenvalue weighted by Gasteiger charge is 2.42. The van der Waals surface area contributed by atoms with E-state index in [9.17, 15) is 14.7 Å². The first-order valence-electron chi connectivity index (χ1n) is 8.05. The van der Waals surface area contributed by atoms with E-state index in [1.165, 1.54) is 0 Å². The molecule has 1 amide bonds. The lowest BCUT2D eigenvalue weighted by atomic mass is 9.90. The number of rotatable bonds is 3. The number of carboxylic acid groups (broad SMARTS) is 1. The highest BCUT2D eigenvalue weighted by molar-refractivity contribution is 5.89. The predicted molar refractivity (Wildman–Crippen MR) is 82.6 cm³/mol. The van der Waals surface area contributed by atoms with Crippen molar-refractivity contribution >= 4 is 11.9 Å². The summed E-state index contributed by atoms with van der Waals surface area (Å²) in [4.78, 5) is 24.3. The number of ether oxygens (including phenoxy) is 2. The number of benzene rings is 1. The number of aliphatic carboxylic acids is 1. The Labute approximate surface area is 134 Å². The summed E-state index contributed by atoms with van der Waals surface area (Å²) >= 11 is 0. The van der Waals surface area contributed by atoms with E-state index in [1.807, 2.05) is 6.07 Å². The number of nitrogens with one attached hydrogen (secondary N) is 1. The molecule has 1 heterocycles. The number of carboxylic acids is 1. The van der Waals surface area contributed by atoms with Gasteiger partial charge in [0.1, 0.15) is 12.1 Å². The van der Waals surface area contributed by atoms with Gasteiger partial charge >= 0.3 is 5.97 Å². The molecule has 1 aromatic rings. The first-order chi connectivity index (χ1) is 11.1. The van der Waals surface area contributed by atoms with Crippen LogP contribution in [0.3, 0.4) is 0 Å². The molecule has 0 radical (unpaired) electrons. The lowest BCUT2D eigenvalue weighted by Gasteiger charge is -2.32. The molecule has 1 unspecified atom stereocenters. The van der Waals surface area contributed by atoms with Crippen LogP contribution in [-0.2, 0) is 9.59 Å². The fraction of sp³-hybridized carbons (Fsp3) is 0.529. The fourth-order valence-electron chi connectivity index (χ4n) is 3.19. The highest BCUT2D eigenvalue weighted by atomic mass is 16.6. The lowest BCUT2D eigenvalue weighted by Crippen LogP contribution is -2.58. The molecule has 1 aromatic carbocycles. The number of fused-ring (bicyclic) bond motifs is 1. The smallest absolute Gasteiger partial charge is 0.329 e. The highest BCUT2D eigenvalue weighted by Crippen LogP contribution is 2.32. The zero-order valence-corrected chi connectivity index (χ0v) is 12.9. The van der Waals surface area contributed by atoms with Crippen LogP contribution in [0.25, 0.3) is 0 Å². The Morgan fingerprint density at radius 1 is 1.09 bits per heavy atom. The van der Waals surface area contributed by atoms with Crippen LogP contribution in [0.2, 0.25) is 0 Å². The van der Waals surface area contributed by atoms with Gasteiger partial charge in [-0.25, -0.2) is 4.79 Å². The maximum atomic E-state index is 12.5. The van der Waals surface area contributed by atoms with Crippen molar-refractivity contribution in [2.75, 3.05) is 6.61 Å². The minimum atomic E-state index is -1.19. The fourth-order valence-corrected chi connectivity index (χ4v) is 3.19. The average molecular weight is 319 g/mol. The Morgan fingerprint density at radius 3 is 2.39 bits per heavy atom. The molecular formula is C17H21NO5. The van der Waals surface area contributed by atoms with Gasteiger partial charge in [0.25, 0.3) is 5.91 Å². The summed E-state index contributed by atoms with van der Waals surface area (Å²) in [5.41, 5.74) is -1.19. The Morgan fingerprint density at radius 2 is 1.74 bits per heavy atom. The number of para-hydroxylation sites is 2. The van der Waals surface area contributed by atoms with E-state index in [2.05, 4.69) is 5.32 Å². The van der Waals surface area contributed by atoms with Crippen molar-refractivity contribution in [1.82, 2.24) is 5.32 Å². The summed E-state index contributed by atoms with van der Waals surface area (Å²) in [5, 5.41) is 12.4. The van der Waals surface area contributed by atoms with Gasteiger partial charge in [-0.15, -0.1) is 0 Å². The summed E-state index contributed by atoms with van der Waals surface area (Å²) in [6.45, 7) is 0.0819. The van der Waals surface area contributed by atoms with Gasteiger partial charge in [0.2, 0.25) is 6.10 Å². The third kappa shape index (κ3) is 3.25. The summed E-state index contributed by atoms with van der Waals surface area (Å²) in [7, 11) is 0. The quantitative estimate of drug-likeness (QED) is 0.834. The van der Waals surface area contributed by atoms with Gasteiger partial charge in [-0.05, 0) is 25.0 Å². The molecule has 6 nitrogen and oxygen atoms in total. The number of hydrogen-bond acceptors (Lipinski definition) is 4. The van der Waals surface area contributed by atoms with Crippen LogP contribution in [-0.4, -0.2) is 35.2 Å². The topological polar surface area (TPSA) is 84.9 Å². The van der Waals surface area contributed by atoms with Crippen molar-refractivity contribution in [2.24, 2.45) is 0 Å². The van der Waals surface area contributed by atoms with Crippen LogP contribution in [0.4, 0.5) is 0 Å². The second-order valence-corrected chi connectivity index (χ2v) is 6.15. The van der Waals surface area contributed by atoms with Gasteiger partial charge in [-0.1, -0.05) is 37.8 Å². The Hall–Kier alpha value is -2.24. The number of amides is 1. The molecule has 1 fully saturated rings. The maximum Gasteiger partial charge on any atom is 0.329 e. The molecular weight excluding hydrogens is 298 g/mol. The summed E-state index contributed by atoms with van der Waals surface area (Å²) in [5.74, 6) is -0.295. The predicted octanol–water partition coefficient (Wildman–Crippen LogP) is 2.12. The van der Waals surface area contributed by atoms with Crippen LogP contribution >= 0.6 is 0 Å². The van der Waals surface area contributed by atoms with Crippen molar-refractivity contribution in [3.63, 3.8) is 0 Å². The van der Waals surface area contributed by atoms with Crippen molar-refractivity contribution in [3.05, 3.63) is 24.3 Å². The first kappa shape index (κ1) is 15.6. The number of hydrogen-bond donors (Lipinski definition) is 2. The SMILES string of the molecule is O=C(NC1(C(=O)O)CCCCCC1)C1COc2ccccc2O1. The van der Waals surface area contributed by atoms with E-state index < -0.39 is 23.5 Å². The van der Waals surface area contributed by atoms with Gasteiger partial charge in [-0.2, -0.15) is 0 Å². The summed E-state index contributed by atoms with van der Waals surface area (Å²) in [6.07, 6.45) is 3.69. The standard InChI is InChI=1S/C17H21NO5/c19-15(14-11-22-12-7-3-4-8-13(12)23-14)18-17(16(20)21)9-5-1-2-6-10-17/h3-4,7-8,14H,1-2,5-6,9-11H2,(H,18,19)(H,20,21). The van der Waals surface area contributed by atoms with Crippen LogP contribution in [0.15, 0.2) is 24.3 Å². The second-order valence-electron chi connectivity index (χ2n) is 6.15. The third-order valence-corrected chi connectivity index (χ3v) is 4.53. The molecule has 3 rings (SSSR count). The van der Waals surface area contributed by atoms with E-state index in [4.69, 9.17) is 9.47 Å². The van der Waals surface area contributed by atoms with Crippen LogP contribution < -0.4 is 14.8 Å². The molecule has 23 heavy (non-hydrogen) atoms. The zero-order chi connectivity index (χ0) is 16.3.